The summed E-state index contributed by atoms with van der Waals surface area (Å²) in [5.74, 6) is 1.28. The van der Waals surface area contributed by atoms with Gasteiger partial charge in [0.25, 0.3) is 0 Å². The molecule has 0 fully saturated rings. The van der Waals surface area contributed by atoms with Crippen molar-refractivity contribution in [2.75, 3.05) is 26.8 Å². The summed E-state index contributed by atoms with van der Waals surface area (Å²) in [6, 6.07) is 13.6. The first-order chi connectivity index (χ1) is 18.5. The van der Waals surface area contributed by atoms with Crippen molar-refractivity contribution in [1.29, 1.82) is 0 Å². The molecule has 0 saturated heterocycles. The van der Waals surface area contributed by atoms with Crippen LogP contribution >= 0.6 is 0 Å². The van der Waals surface area contributed by atoms with E-state index in [4.69, 9.17) is 18.9 Å². The molecule has 0 radical (unpaired) electrons. The average Bonchev–Trinajstić information content (AvgIpc) is 2.94. The molecule has 0 spiro atoms. The minimum Gasteiger partial charge on any atom is -0.497 e. The predicted molar refractivity (Wildman–Crippen MR) is 140 cm³/mol. The molecule has 2 aromatic rings. The quantitative estimate of drug-likeness (QED) is 0.440. The molecule has 1 aliphatic heterocycles. The largest absolute Gasteiger partial charge is 0.497 e. The Kier molecular flexibility index (Phi) is 9.07. The van der Waals surface area contributed by atoms with Gasteiger partial charge in [0, 0.05) is 18.9 Å². The van der Waals surface area contributed by atoms with Gasteiger partial charge in [-0.15, -0.1) is 0 Å². The first-order valence-corrected chi connectivity index (χ1v) is 12.2. The number of allylic oxidation sites excluding steroid dienone is 4. The fourth-order valence-electron chi connectivity index (χ4n) is 3.85. The summed E-state index contributed by atoms with van der Waals surface area (Å²) in [5, 5.41) is 9.27. The van der Waals surface area contributed by atoms with E-state index < -0.39 is 18.6 Å². The van der Waals surface area contributed by atoms with Gasteiger partial charge in [-0.3, -0.25) is 9.69 Å². The molecule has 1 amide bonds. The number of carbonyl (C=O) groups excluding carboxylic acids is 1. The van der Waals surface area contributed by atoms with Crippen LogP contribution in [0.15, 0.2) is 96.8 Å². The van der Waals surface area contributed by atoms with Gasteiger partial charge in [-0.2, -0.15) is 0 Å². The maximum Gasteiger partial charge on any atom is 0.416 e. The summed E-state index contributed by atoms with van der Waals surface area (Å²) in [5.41, 5.74) is 1.91. The normalized spacial score (nSPS) is 14.2. The van der Waals surface area contributed by atoms with Crippen LogP contribution in [0, 0.1) is 0 Å². The molecule has 1 N–H and O–H groups in total. The summed E-state index contributed by atoms with van der Waals surface area (Å²) >= 11 is 0. The van der Waals surface area contributed by atoms with Crippen molar-refractivity contribution >= 4 is 12.1 Å². The fraction of sp³-hybridized carbons (Fsp3) is 0.241. The van der Waals surface area contributed by atoms with Crippen LogP contribution in [0.4, 0.5) is 4.79 Å². The Labute approximate surface area is 221 Å². The van der Waals surface area contributed by atoms with Gasteiger partial charge in [-0.1, -0.05) is 30.4 Å². The van der Waals surface area contributed by atoms with Crippen molar-refractivity contribution in [1.82, 2.24) is 9.80 Å². The number of amides is 1. The summed E-state index contributed by atoms with van der Waals surface area (Å²) in [7, 11) is 1.54. The van der Waals surface area contributed by atoms with E-state index in [-0.39, 0.29) is 6.54 Å². The van der Waals surface area contributed by atoms with Crippen LogP contribution in [-0.2, 0) is 16.1 Å². The zero-order valence-corrected chi connectivity index (χ0v) is 21.1. The highest BCUT2D eigenvalue weighted by molar-refractivity contribution is 5.78. The van der Waals surface area contributed by atoms with Crippen LogP contribution in [0.2, 0.25) is 0 Å². The summed E-state index contributed by atoms with van der Waals surface area (Å²) in [4.78, 5) is 27.1. The molecule has 1 aliphatic carbocycles. The van der Waals surface area contributed by atoms with E-state index in [1.165, 1.54) is 12.7 Å². The Morgan fingerprint density at radius 2 is 1.79 bits per heavy atom. The Balaban J connectivity index is 1.29. The van der Waals surface area contributed by atoms with Crippen molar-refractivity contribution < 1.29 is 33.6 Å². The maximum atomic E-state index is 12.6. The Morgan fingerprint density at radius 1 is 1.05 bits per heavy atom. The van der Waals surface area contributed by atoms with Gasteiger partial charge >= 0.3 is 12.1 Å². The summed E-state index contributed by atoms with van der Waals surface area (Å²) in [6.45, 7) is 0.658. The highest BCUT2D eigenvalue weighted by Crippen LogP contribution is 2.24. The molecular formula is C29H30N2O7. The third kappa shape index (κ3) is 7.67. The maximum absolute atomic E-state index is 12.6. The number of nitrogens with zero attached hydrogens (tertiary/aromatic N) is 2. The van der Waals surface area contributed by atoms with Crippen LogP contribution in [0.5, 0.6) is 17.2 Å². The second-order valence-electron chi connectivity index (χ2n) is 8.58. The number of methoxy groups -OCH3 is 1. The predicted octanol–water partition coefficient (Wildman–Crippen LogP) is 5.08. The number of ether oxygens (including phenoxy) is 4. The van der Waals surface area contributed by atoms with Crippen LogP contribution in [-0.4, -0.2) is 53.8 Å². The molecule has 0 atom stereocenters. The monoisotopic (exact) mass is 518 g/mol. The minimum atomic E-state index is -1.14. The van der Waals surface area contributed by atoms with Crippen LogP contribution in [0.1, 0.15) is 18.4 Å². The van der Waals surface area contributed by atoms with Crippen LogP contribution in [0.25, 0.3) is 0 Å². The molecule has 0 bridgehead atoms. The lowest BCUT2D eigenvalue weighted by atomic mass is 10.0. The molecule has 1 heterocycles. The number of hydrogen-bond donors (Lipinski definition) is 1. The number of carboxylic acid groups (broad SMARTS) is 1. The molecule has 198 valence electrons. The molecule has 9 heteroatoms. The van der Waals surface area contributed by atoms with E-state index in [9.17, 15) is 14.7 Å². The van der Waals surface area contributed by atoms with Crippen LogP contribution < -0.4 is 14.2 Å². The minimum absolute atomic E-state index is 0.0682. The fourth-order valence-corrected chi connectivity index (χ4v) is 3.85. The van der Waals surface area contributed by atoms with Crippen molar-refractivity contribution in [2.24, 2.45) is 0 Å². The first-order valence-electron chi connectivity index (χ1n) is 12.2. The number of carboxylic acids is 1. The van der Waals surface area contributed by atoms with Gasteiger partial charge in [0.05, 0.1) is 13.7 Å². The first kappa shape index (κ1) is 26.4. The Hall–Kier alpha value is -4.66. The van der Waals surface area contributed by atoms with Gasteiger partial charge in [0.1, 0.15) is 42.4 Å². The standard InChI is InChI=1S/C29H30N2O7/c1-35-24-11-13-26(14-12-24)38-29(34)31(21-28(32)33)19-22-7-9-25(10-8-22)36-17-15-30-16-18-37-27(20-30)23-5-3-2-4-6-23/h2-3,5,7-14,16,18,20H,4,6,15,17,19,21H2,1H3,(H,32,33). The van der Waals surface area contributed by atoms with Crippen LogP contribution in [0.3, 0.4) is 0 Å². The van der Waals surface area contributed by atoms with Crippen molar-refractivity contribution in [3.63, 3.8) is 0 Å². The molecule has 2 aromatic carbocycles. The van der Waals surface area contributed by atoms with Gasteiger partial charge in [0.15, 0.2) is 0 Å². The summed E-state index contributed by atoms with van der Waals surface area (Å²) in [6.07, 6.45) is 13.0. The third-order valence-corrected chi connectivity index (χ3v) is 5.82. The third-order valence-electron chi connectivity index (χ3n) is 5.82. The molecule has 0 unspecified atom stereocenters. The highest BCUT2D eigenvalue weighted by Gasteiger charge is 2.20. The Morgan fingerprint density at radius 3 is 2.47 bits per heavy atom. The molecule has 38 heavy (non-hydrogen) atoms. The number of hydrogen-bond acceptors (Lipinski definition) is 7. The number of aliphatic carboxylic acids is 1. The summed E-state index contributed by atoms with van der Waals surface area (Å²) < 4.78 is 22.0. The van der Waals surface area contributed by atoms with Crippen molar-refractivity contribution in [2.45, 2.75) is 19.4 Å². The van der Waals surface area contributed by atoms with Gasteiger partial charge in [0.2, 0.25) is 0 Å². The zero-order chi connectivity index (χ0) is 26.7. The second-order valence-corrected chi connectivity index (χ2v) is 8.58. The van der Waals surface area contributed by atoms with Crippen molar-refractivity contribution in [3.8, 4) is 17.2 Å². The SMILES string of the molecule is COc1ccc(OC(=O)N(CC(=O)O)Cc2ccc(OCCN3C=COC(C4=CC=CCC4)=C3)cc2)cc1. The van der Waals surface area contributed by atoms with E-state index in [0.29, 0.717) is 30.4 Å². The van der Waals surface area contributed by atoms with Gasteiger partial charge in [-0.25, -0.2) is 4.79 Å². The average molecular weight is 519 g/mol. The van der Waals surface area contributed by atoms with E-state index in [1.807, 2.05) is 23.4 Å². The number of carbonyl (C=O) groups is 2. The molecule has 2 aliphatic rings. The Bertz CT molecular complexity index is 1230. The van der Waals surface area contributed by atoms with Gasteiger partial charge < -0.3 is 29.0 Å². The second kappa shape index (κ2) is 13.0. The lowest BCUT2D eigenvalue weighted by Gasteiger charge is -2.23. The molecule has 0 saturated carbocycles. The molecule has 0 aromatic heterocycles. The van der Waals surface area contributed by atoms with E-state index in [2.05, 4.69) is 12.2 Å². The topological polar surface area (TPSA) is 97.8 Å². The highest BCUT2D eigenvalue weighted by atomic mass is 16.6. The zero-order valence-electron chi connectivity index (χ0n) is 21.1. The molecule has 4 rings (SSSR count). The van der Waals surface area contributed by atoms with E-state index in [1.54, 1.807) is 54.8 Å². The van der Waals surface area contributed by atoms with Crippen molar-refractivity contribution in [3.05, 3.63) is 102 Å². The number of rotatable bonds is 11. The van der Waals surface area contributed by atoms with E-state index >= 15 is 0 Å². The lowest BCUT2D eigenvalue weighted by Crippen LogP contribution is -2.37. The molecule has 9 nitrogen and oxygen atoms in total. The lowest BCUT2D eigenvalue weighted by molar-refractivity contribution is -0.138. The smallest absolute Gasteiger partial charge is 0.416 e. The number of benzene rings is 2. The molecular weight excluding hydrogens is 488 g/mol. The van der Waals surface area contributed by atoms with E-state index in [0.717, 1.165) is 29.1 Å². The van der Waals surface area contributed by atoms with Gasteiger partial charge in [-0.05, 0) is 60.4 Å².